The van der Waals surface area contributed by atoms with Gasteiger partial charge in [-0.05, 0) is 37.0 Å². The molecule has 0 amide bonds. The van der Waals surface area contributed by atoms with Crippen molar-refractivity contribution < 1.29 is 4.79 Å². The van der Waals surface area contributed by atoms with Gasteiger partial charge < -0.3 is 0 Å². The first-order valence-corrected chi connectivity index (χ1v) is 11.2. The average Bonchev–Trinajstić information content (AvgIpc) is 3.10. The molecule has 0 spiro atoms. The van der Waals surface area contributed by atoms with E-state index in [2.05, 4.69) is 39.7 Å². The van der Waals surface area contributed by atoms with Crippen molar-refractivity contribution in [1.82, 2.24) is 0 Å². The number of allylic oxidation sites excluding steroid dienone is 5. The van der Waals surface area contributed by atoms with Gasteiger partial charge in [-0.1, -0.05) is 75.7 Å². The number of hydrogen-bond acceptors (Lipinski definition) is 4. The van der Waals surface area contributed by atoms with Gasteiger partial charge in [0, 0.05) is 15.6 Å². The molecule has 1 rings (SSSR count). The molecule has 1 nitrogen and oxygen atoms in total. The monoisotopic (exact) mass is 384 g/mol. The molecule has 24 heavy (non-hydrogen) atoms. The Bertz CT molecular complexity index is 487. The van der Waals surface area contributed by atoms with Crippen molar-refractivity contribution in [3.8, 4) is 0 Å². The number of thioether (sulfide) groups is 3. The van der Waals surface area contributed by atoms with Gasteiger partial charge in [-0.25, -0.2) is 0 Å². The minimum Gasteiger partial charge on any atom is -0.287 e. The average molecular weight is 385 g/mol. The van der Waals surface area contributed by atoms with Crippen molar-refractivity contribution in [1.29, 1.82) is 0 Å². The van der Waals surface area contributed by atoms with Crippen molar-refractivity contribution >= 4 is 40.4 Å². The summed E-state index contributed by atoms with van der Waals surface area (Å²) in [4.78, 5) is 15.1. The molecule has 136 valence electrons. The zero-order valence-electron chi connectivity index (χ0n) is 16.0. The van der Waals surface area contributed by atoms with Gasteiger partial charge in [0.05, 0.1) is 5.92 Å². The SMILES string of the molecule is C=C/C(C)=C(\CC)SC(=C)C1=CC(C(=O)SC)CS1.C=CC.CC. The van der Waals surface area contributed by atoms with Gasteiger partial charge in [0.1, 0.15) is 0 Å². The first-order valence-electron chi connectivity index (χ1n) is 8.13. The van der Waals surface area contributed by atoms with Gasteiger partial charge in [0.25, 0.3) is 0 Å². The lowest BCUT2D eigenvalue weighted by atomic mass is 10.2. The Morgan fingerprint density at radius 3 is 2.38 bits per heavy atom. The Balaban J connectivity index is 0. The lowest BCUT2D eigenvalue weighted by molar-refractivity contribution is -0.112. The number of rotatable bonds is 6. The van der Waals surface area contributed by atoms with Gasteiger partial charge in [0.2, 0.25) is 0 Å². The fourth-order valence-electron chi connectivity index (χ4n) is 1.66. The van der Waals surface area contributed by atoms with E-state index in [-0.39, 0.29) is 11.0 Å². The third-order valence-corrected chi connectivity index (χ3v) is 6.24. The van der Waals surface area contributed by atoms with Crippen LogP contribution in [0.4, 0.5) is 0 Å². The van der Waals surface area contributed by atoms with Crippen molar-refractivity contribution in [3.63, 3.8) is 0 Å². The summed E-state index contributed by atoms with van der Waals surface area (Å²) in [6, 6.07) is 0. The summed E-state index contributed by atoms with van der Waals surface area (Å²) in [6.45, 7) is 21.4. The lowest BCUT2D eigenvalue weighted by Gasteiger charge is -2.10. The van der Waals surface area contributed by atoms with Crippen LogP contribution < -0.4 is 0 Å². The van der Waals surface area contributed by atoms with E-state index in [1.807, 2.05) is 33.1 Å². The van der Waals surface area contributed by atoms with Crippen LogP contribution in [-0.4, -0.2) is 17.1 Å². The Labute approximate surface area is 162 Å². The van der Waals surface area contributed by atoms with E-state index < -0.39 is 0 Å². The number of carbonyl (C=O) groups excluding carboxylic acids is 1. The third kappa shape index (κ3) is 9.65. The molecule has 1 aliphatic rings. The van der Waals surface area contributed by atoms with Gasteiger partial charge in [-0.2, -0.15) is 0 Å². The zero-order valence-corrected chi connectivity index (χ0v) is 18.4. The number of hydrogen-bond donors (Lipinski definition) is 0. The van der Waals surface area contributed by atoms with E-state index in [4.69, 9.17) is 0 Å². The molecule has 0 aromatic heterocycles. The predicted molar refractivity (Wildman–Crippen MR) is 120 cm³/mol. The van der Waals surface area contributed by atoms with E-state index in [9.17, 15) is 4.79 Å². The highest BCUT2D eigenvalue weighted by Gasteiger charge is 2.24. The van der Waals surface area contributed by atoms with Crippen LogP contribution in [0.5, 0.6) is 0 Å². The van der Waals surface area contributed by atoms with Crippen LogP contribution in [0.25, 0.3) is 0 Å². The standard InChI is InChI=1S/C15H20OS3.C3H6.C2H6/c1-6-10(3)13(7-2)19-11(4)14-8-12(9-18-14)15(16)17-5;1-3-2;1-2/h6,8,12H,1,4,7,9H2,2-3,5H3;3H,1H2,2H3;1-2H3/b13-10+;;. The van der Waals surface area contributed by atoms with E-state index in [0.29, 0.717) is 0 Å². The summed E-state index contributed by atoms with van der Waals surface area (Å²) < 4.78 is 0. The first-order chi connectivity index (χ1) is 11.4. The molecule has 0 aliphatic carbocycles. The van der Waals surface area contributed by atoms with E-state index in [1.165, 1.54) is 22.2 Å². The van der Waals surface area contributed by atoms with Crippen molar-refractivity contribution in [2.75, 3.05) is 12.0 Å². The molecule has 0 fully saturated rings. The second-order valence-electron chi connectivity index (χ2n) is 4.57. The molecule has 0 aromatic rings. The van der Waals surface area contributed by atoms with Crippen LogP contribution in [0.1, 0.15) is 41.0 Å². The van der Waals surface area contributed by atoms with Crippen LogP contribution in [0.2, 0.25) is 0 Å². The number of carbonyl (C=O) groups is 1. The quantitative estimate of drug-likeness (QED) is 0.349. The molecule has 1 aliphatic heterocycles. The Hall–Kier alpha value is -0.580. The molecule has 4 heteroatoms. The maximum absolute atomic E-state index is 11.7. The van der Waals surface area contributed by atoms with Crippen LogP contribution in [0.15, 0.2) is 58.3 Å². The van der Waals surface area contributed by atoms with Crippen molar-refractivity contribution in [2.24, 2.45) is 5.92 Å². The third-order valence-electron chi connectivity index (χ3n) is 2.86. The summed E-state index contributed by atoms with van der Waals surface area (Å²) >= 11 is 4.74. The minimum absolute atomic E-state index is 0.0434. The summed E-state index contributed by atoms with van der Waals surface area (Å²) in [6.07, 6.45) is 8.52. The molecule has 0 aromatic carbocycles. The van der Waals surface area contributed by atoms with Crippen LogP contribution in [0.3, 0.4) is 0 Å². The Kier molecular flexibility index (Phi) is 17.0. The maximum atomic E-state index is 11.7. The van der Waals surface area contributed by atoms with Crippen molar-refractivity contribution in [2.45, 2.75) is 41.0 Å². The summed E-state index contributed by atoms with van der Waals surface area (Å²) in [5.74, 6) is 0.891. The topological polar surface area (TPSA) is 17.1 Å². The van der Waals surface area contributed by atoms with E-state index in [0.717, 1.165) is 22.0 Å². The highest BCUT2D eigenvalue weighted by Crippen LogP contribution is 2.43. The van der Waals surface area contributed by atoms with Crippen LogP contribution in [0, 0.1) is 5.92 Å². The van der Waals surface area contributed by atoms with Crippen LogP contribution >= 0.6 is 35.3 Å². The fourth-order valence-corrected chi connectivity index (χ4v) is 4.41. The van der Waals surface area contributed by atoms with E-state index in [1.54, 1.807) is 29.6 Å². The van der Waals surface area contributed by atoms with Gasteiger partial charge >= 0.3 is 0 Å². The summed E-state index contributed by atoms with van der Waals surface area (Å²) in [5.41, 5.74) is 1.20. The maximum Gasteiger partial charge on any atom is 0.196 e. The smallest absolute Gasteiger partial charge is 0.196 e. The predicted octanol–water partition coefficient (Wildman–Crippen LogP) is 7.46. The van der Waals surface area contributed by atoms with E-state index >= 15 is 0 Å². The molecule has 1 atom stereocenters. The van der Waals surface area contributed by atoms with Crippen LogP contribution in [-0.2, 0) is 4.79 Å². The fraction of sp³-hybridized carbons (Fsp3) is 0.450. The zero-order chi connectivity index (χ0) is 19.1. The Morgan fingerprint density at radius 2 is 1.96 bits per heavy atom. The molecule has 0 radical (unpaired) electrons. The van der Waals surface area contributed by atoms with Gasteiger partial charge in [-0.3, -0.25) is 4.79 Å². The normalized spacial score (nSPS) is 16.4. The molecular formula is C20H32OS3. The van der Waals surface area contributed by atoms with Gasteiger partial charge in [0.15, 0.2) is 5.12 Å². The second kappa shape index (κ2) is 15.9. The minimum atomic E-state index is 0.0434. The molecule has 1 heterocycles. The largest absolute Gasteiger partial charge is 0.287 e. The molecule has 0 saturated heterocycles. The molecule has 1 unspecified atom stereocenters. The van der Waals surface area contributed by atoms with Gasteiger partial charge in [-0.15, -0.1) is 18.3 Å². The Morgan fingerprint density at radius 1 is 1.42 bits per heavy atom. The molecular weight excluding hydrogens is 352 g/mol. The first kappa shape index (κ1) is 25.7. The lowest BCUT2D eigenvalue weighted by Crippen LogP contribution is -2.06. The highest BCUT2D eigenvalue weighted by atomic mass is 32.2. The summed E-state index contributed by atoms with van der Waals surface area (Å²) in [5, 5.41) is 0.244. The summed E-state index contributed by atoms with van der Waals surface area (Å²) in [7, 11) is 0. The molecule has 0 saturated carbocycles. The molecule has 0 N–H and O–H groups in total. The second-order valence-corrected chi connectivity index (χ2v) is 7.63. The van der Waals surface area contributed by atoms with Crippen molar-refractivity contribution in [3.05, 3.63) is 58.3 Å². The molecule has 0 bridgehead atoms. The highest BCUT2D eigenvalue weighted by molar-refractivity contribution is 8.13.